The highest BCUT2D eigenvalue weighted by atomic mass is 32.2. The molecule has 1 atom stereocenters. The summed E-state index contributed by atoms with van der Waals surface area (Å²) >= 11 is 1.26. The number of fused-ring (bicyclic) bond motifs is 1. The summed E-state index contributed by atoms with van der Waals surface area (Å²) in [5.74, 6) is 0.0436. The van der Waals surface area contributed by atoms with Gasteiger partial charge in [0.15, 0.2) is 0 Å². The molecule has 1 aliphatic heterocycles. The lowest BCUT2D eigenvalue weighted by atomic mass is 10.0. The van der Waals surface area contributed by atoms with Crippen LogP contribution in [0, 0.1) is 6.92 Å². The van der Waals surface area contributed by atoms with Gasteiger partial charge in [0.05, 0.1) is 23.2 Å². The van der Waals surface area contributed by atoms with Crippen LogP contribution in [-0.4, -0.2) is 41.8 Å². The molecule has 28 heavy (non-hydrogen) atoms. The molecule has 2 heterocycles. The fourth-order valence-corrected chi connectivity index (χ4v) is 3.41. The summed E-state index contributed by atoms with van der Waals surface area (Å²) in [4.78, 5) is 41.1. The Labute approximate surface area is 167 Å². The monoisotopic (exact) mass is 404 g/mol. The number of carbonyl (C=O) groups is 2. The Kier molecular flexibility index (Phi) is 7.77. The highest BCUT2D eigenvalue weighted by Gasteiger charge is 2.19. The fourth-order valence-electron chi connectivity index (χ4n) is 2.61. The second-order valence-electron chi connectivity index (χ2n) is 6.33. The maximum Gasteiger partial charge on any atom is 0.345 e. The van der Waals surface area contributed by atoms with E-state index in [1.165, 1.54) is 18.0 Å². The molecule has 9 heteroatoms. The van der Waals surface area contributed by atoms with Crippen molar-refractivity contribution in [2.75, 3.05) is 25.3 Å². The smallest absolute Gasteiger partial charge is 0.345 e. The average molecular weight is 404 g/mol. The van der Waals surface area contributed by atoms with Crippen molar-refractivity contribution in [3.05, 3.63) is 51.6 Å². The lowest BCUT2D eigenvalue weighted by molar-refractivity contribution is -0.119. The van der Waals surface area contributed by atoms with Gasteiger partial charge < -0.3 is 20.4 Å². The third kappa shape index (κ3) is 5.93. The van der Waals surface area contributed by atoms with Gasteiger partial charge in [0.25, 0.3) is 0 Å². The number of aryl methyl sites for hydroxylation is 1. The number of hydrogen-bond acceptors (Lipinski definition) is 6. The SMILES string of the molecule is COC.Cc1cnc(=O)[nH]c1SCC(=O)NC(C)c1ccc2c(c1)CC(=O)N2. The number of anilines is 1. The lowest BCUT2D eigenvalue weighted by Crippen LogP contribution is -2.28. The first-order chi connectivity index (χ1) is 13.3. The molecule has 0 aliphatic carbocycles. The Balaban J connectivity index is 0.000000878. The summed E-state index contributed by atoms with van der Waals surface area (Å²) in [7, 11) is 3.25. The molecule has 0 bridgehead atoms. The van der Waals surface area contributed by atoms with Crippen molar-refractivity contribution in [1.29, 1.82) is 0 Å². The van der Waals surface area contributed by atoms with Crippen LogP contribution in [0.15, 0.2) is 34.2 Å². The van der Waals surface area contributed by atoms with Crippen LogP contribution in [0.3, 0.4) is 0 Å². The molecule has 8 nitrogen and oxygen atoms in total. The van der Waals surface area contributed by atoms with Crippen LogP contribution in [-0.2, 0) is 20.7 Å². The van der Waals surface area contributed by atoms with E-state index >= 15 is 0 Å². The maximum atomic E-state index is 12.2. The highest BCUT2D eigenvalue weighted by molar-refractivity contribution is 7.99. The number of ether oxygens (including phenoxy) is 1. The number of methoxy groups -OCH3 is 1. The van der Waals surface area contributed by atoms with Crippen molar-refractivity contribution < 1.29 is 14.3 Å². The van der Waals surface area contributed by atoms with E-state index in [0.717, 1.165) is 22.4 Å². The quantitative estimate of drug-likeness (QED) is 0.517. The average Bonchev–Trinajstić information content (AvgIpc) is 3.02. The Hall–Kier alpha value is -2.65. The van der Waals surface area contributed by atoms with Gasteiger partial charge in [-0.2, -0.15) is 0 Å². The van der Waals surface area contributed by atoms with Crippen LogP contribution in [0.25, 0.3) is 0 Å². The molecular weight excluding hydrogens is 380 g/mol. The number of aromatic amines is 1. The standard InChI is InChI=1S/C17H18N4O3S.C2H6O/c1-9-7-18-17(24)21-16(9)25-8-15(23)19-10(2)11-3-4-13-12(5-11)6-14(22)20-13;1-3-2/h3-5,7,10H,6,8H2,1-2H3,(H,19,23)(H,20,22)(H,18,21,24);1-2H3. The molecule has 0 saturated heterocycles. The Morgan fingerprint density at radius 3 is 2.79 bits per heavy atom. The number of carbonyl (C=O) groups excluding carboxylic acids is 2. The molecule has 1 aromatic heterocycles. The van der Waals surface area contributed by atoms with Gasteiger partial charge in [-0.3, -0.25) is 9.59 Å². The lowest BCUT2D eigenvalue weighted by Gasteiger charge is -2.15. The Morgan fingerprint density at radius 1 is 1.36 bits per heavy atom. The first-order valence-electron chi connectivity index (χ1n) is 8.65. The van der Waals surface area contributed by atoms with Crippen LogP contribution in [0.4, 0.5) is 5.69 Å². The third-order valence-electron chi connectivity index (χ3n) is 3.93. The number of hydrogen-bond donors (Lipinski definition) is 3. The maximum absolute atomic E-state index is 12.2. The van der Waals surface area contributed by atoms with E-state index in [0.29, 0.717) is 11.4 Å². The molecule has 0 radical (unpaired) electrons. The summed E-state index contributed by atoms with van der Waals surface area (Å²) in [6.07, 6.45) is 1.86. The van der Waals surface area contributed by atoms with Gasteiger partial charge in [-0.05, 0) is 36.6 Å². The van der Waals surface area contributed by atoms with E-state index in [4.69, 9.17) is 0 Å². The zero-order valence-electron chi connectivity index (χ0n) is 16.3. The molecule has 2 aromatic rings. The molecule has 1 unspecified atom stereocenters. The molecule has 3 rings (SSSR count). The van der Waals surface area contributed by atoms with Crippen LogP contribution < -0.4 is 16.3 Å². The summed E-state index contributed by atoms with van der Waals surface area (Å²) in [5.41, 5.74) is 3.12. The topological polar surface area (TPSA) is 113 Å². The molecule has 0 fully saturated rings. The molecule has 2 amide bonds. The predicted molar refractivity (Wildman–Crippen MR) is 109 cm³/mol. The minimum absolute atomic E-state index is 0.0121. The van der Waals surface area contributed by atoms with Gasteiger partial charge >= 0.3 is 5.69 Å². The number of nitrogens with one attached hydrogen (secondary N) is 3. The van der Waals surface area contributed by atoms with Crippen molar-refractivity contribution in [2.24, 2.45) is 0 Å². The Morgan fingerprint density at radius 2 is 2.07 bits per heavy atom. The fraction of sp³-hybridized carbons (Fsp3) is 0.368. The minimum Gasteiger partial charge on any atom is -0.388 e. The van der Waals surface area contributed by atoms with Crippen LogP contribution in [0.5, 0.6) is 0 Å². The van der Waals surface area contributed by atoms with Crippen LogP contribution >= 0.6 is 11.8 Å². The van der Waals surface area contributed by atoms with Crippen LogP contribution in [0.1, 0.15) is 29.7 Å². The first-order valence-corrected chi connectivity index (χ1v) is 9.63. The van der Waals surface area contributed by atoms with Crippen molar-refractivity contribution in [2.45, 2.75) is 31.3 Å². The van der Waals surface area contributed by atoms with Gasteiger partial charge in [-0.1, -0.05) is 23.9 Å². The Bertz CT molecular complexity index is 913. The first kappa shape index (κ1) is 21.6. The van der Waals surface area contributed by atoms with E-state index in [1.54, 1.807) is 14.2 Å². The zero-order chi connectivity index (χ0) is 20.7. The summed E-state index contributed by atoms with van der Waals surface area (Å²) < 4.78 is 4.25. The highest BCUT2D eigenvalue weighted by Crippen LogP contribution is 2.26. The number of amides is 2. The van der Waals surface area contributed by atoms with E-state index in [-0.39, 0.29) is 23.6 Å². The third-order valence-corrected chi connectivity index (χ3v) is 5.05. The summed E-state index contributed by atoms with van der Waals surface area (Å²) in [5, 5.41) is 6.36. The number of H-pyrrole nitrogens is 1. The van der Waals surface area contributed by atoms with Gasteiger partial charge in [0.2, 0.25) is 11.8 Å². The molecule has 1 aliphatic rings. The van der Waals surface area contributed by atoms with Gasteiger partial charge in [0, 0.05) is 26.1 Å². The van der Waals surface area contributed by atoms with E-state index < -0.39 is 5.69 Å². The van der Waals surface area contributed by atoms with Crippen molar-refractivity contribution in [1.82, 2.24) is 15.3 Å². The predicted octanol–water partition coefficient (Wildman–Crippen LogP) is 1.81. The molecular formula is C19H24N4O4S. The number of thioether (sulfide) groups is 1. The van der Waals surface area contributed by atoms with Crippen molar-refractivity contribution in [3.8, 4) is 0 Å². The number of rotatable bonds is 5. The second-order valence-corrected chi connectivity index (χ2v) is 7.31. The molecule has 3 N–H and O–H groups in total. The van der Waals surface area contributed by atoms with Crippen molar-refractivity contribution >= 4 is 29.3 Å². The van der Waals surface area contributed by atoms with Gasteiger partial charge in [0.1, 0.15) is 0 Å². The van der Waals surface area contributed by atoms with Crippen LogP contribution in [0.2, 0.25) is 0 Å². The van der Waals surface area contributed by atoms with E-state index in [1.807, 2.05) is 32.0 Å². The number of benzene rings is 1. The molecule has 1 aromatic carbocycles. The molecule has 150 valence electrons. The molecule has 0 spiro atoms. The largest absolute Gasteiger partial charge is 0.388 e. The minimum atomic E-state index is -0.428. The second kappa shape index (κ2) is 10.0. The zero-order valence-corrected chi connectivity index (χ0v) is 17.1. The van der Waals surface area contributed by atoms with Crippen molar-refractivity contribution in [3.63, 3.8) is 0 Å². The summed E-state index contributed by atoms with van der Waals surface area (Å²) in [6.45, 7) is 3.72. The van der Waals surface area contributed by atoms with E-state index in [9.17, 15) is 14.4 Å². The number of nitrogens with zero attached hydrogens (tertiary/aromatic N) is 1. The van der Waals surface area contributed by atoms with E-state index in [2.05, 4.69) is 25.3 Å². The number of aromatic nitrogens is 2. The summed E-state index contributed by atoms with van der Waals surface area (Å²) in [6, 6.07) is 5.52. The normalized spacial score (nSPS) is 13.1. The van der Waals surface area contributed by atoms with Gasteiger partial charge in [-0.15, -0.1) is 0 Å². The molecule has 0 saturated carbocycles. The van der Waals surface area contributed by atoms with Gasteiger partial charge in [-0.25, -0.2) is 9.78 Å².